The van der Waals surface area contributed by atoms with Crippen LogP contribution in [0.5, 0.6) is 0 Å². The van der Waals surface area contributed by atoms with Crippen molar-refractivity contribution in [2.24, 2.45) is 0 Å². The lowest BCUT2D eigenvalue weighted by molar-refractivity contribution is -0.185. The highest BCUT2D eigenvalue weighted by Gasteiger charge is 2.17. The molecule has 3 atom stereocenters. The molecule has 0 aromatic carbocycles. The molecule has 17 heavy (non-hydrogen) atoms. The van der Waals surface area contributed by atoms with Crippen LogP contribution in [0.25, 0.3) is 0 Å². The molecule has 1 heterocycles. The molecule has 1 fully saturated rings. The molecule has 3 heteroatoms. The van der Waals surface area contributed by atoms with Gasteiger partial charge in [0.1, 0.15) is 0 Å². The SMILES string of the molecule is C/C=C/[C@H](O)CCCC(C)OC1CCCCO1. The molecule has 0 spiro atoms. The van der Waals surface area contributed by atoms with E-state index in [4.69, 9.17) is 9.47 Å². The van der Waals surface area contributed by atoms with Gasteiger partial charge >= 0.3 is 0 Å². The predicted octanol–water partition coefficient (Wildman–Crippen LogP) is 3.03. The van der Waals surface area contributed by atoms with Crippen LogP contribution in [-0.4, -0.2) is 30.2 Å². The summed E-state index contributed by atoms with van der Waals surface area (Å²) in [6, 6.07) is 0. The van der Waals surface area contributed by atoms with Crippen molar-refractivity contribution in [1.29, 1.82) is 0 Å². The summed E-state index contributed by atoms with van der Waals surface area (Å²) in [7, 11) is 0. The number of hydrogen-bond donors (Lipinski definition) is 1. The summed E-state index contributed by atoms with van der Waals surface area (Å²) < 4.78 is 11.3. The Labute approximate surface area is 105 Å². The first kappa shape index (κ1) is 14.7. The van der Waals surface area contributed by atoms with Crippen LogP contribution in [0.3, 0.4) is 0 Å². The third kappa shape index (κ3) is 6.81. The smallest absolute Gasteiger partial charge is 0.157 e. The van der Waals surface area contributed by atoms with Crippen LogP contribution in [0.4, 0.5) is 0 Å². The third-order valence-corrected chi connectivity index (χ3v) is 3.05. The fourth-order valence-corrected chi connectivity index (χ4v) is 2.08. The van der Waals surface area contributed by atoms with Crippen molar-refractivity contribution < 1.29 is 14.6 Å². The van der Waals surface area contributed by atoms with E-state index in [0.717, 1.165) is 38.7 Å². The Balaban J connectivity index is 2.05. The molecule has 0 amide bonds. The molecule has 0 aromatic rings. The van der Waals surface area contributed by atoms with Crippen molar-refractivity contribution in [3.63, 3.8) is 0 Å². The van der Waals surface area contributed by atoms with E-state index in [2.05, 4.69) is 6.92 Å². The van der Waals surface area contributed by atoms with Crippen LogP contribution < -0.4 is 0 Å². The Morgan fingerprint density at radius 1 is 1.41 bits per heavy atom. The van der Waals surface area contributed by atoms with E-state index in [0.29, 0.717) is 0 Å². The van der Waals surface area contributed by atoms with Crippen LogP contribution in [0.1, 0.15) is 52.4 Å². The Morgan fingerprint density at radius 2 is 2.24 bits per heavy atom. The maximum atomic E-state index is 9.53. The van der Waals surface area contributed by atoms with Gasteiger partial charge in [-0.3, -0.25) is 0 Å². The largest absolute Gasteiger partial charge is 0.389 e. The summed E-state index contributed by atoms with van der Waals surface area (Å²) in [5.41, 5.74) is 0. The summed E-state index contributed by atoms with van der Waals surface area (Å²) in [4.78, 5) is 0. The highest BCUT2D eigenvalue weighted by molar-refractivity contribution is 4.85. The molecule has 0 saturated carbocycles. The van der Waals surface area contributed by atoms with Crippen LogP contribution >= 0.6 is 0 Å². The first-order valence-electron chi connectivity index (χ1n) is 6.80. The summed E-state index contributed by atoms with van der Waals surface area (Å²) in [5, 5.41) is 9.53. The van der Waals surface area contributed by atoms with E-state index in [1.807, 2.05) is 19.1 Å². The molecule has 3 nitrogen and oxygen atoms in total. The summed E-state index contributed by atoms with van der Waals surface area (Å²) in [6.07, 6.45) is 9.79. The molecule has 2 unspecified atom stereocenters. The predicted molar refractivity (Wildman–Crippen MR) is 68.8 cm³/mol. The standard InChI is InChI=1S/C14H26O3/c1-3-7-13(15)9-6-8-12(2)17-14-10-4-5-11-16-14/h3,7,12-15H,4-6,8-11H2,1-2H3/b7-3+/t12?,13-,14?/m0/s1. The number of ether oxygens (including phenoxy) is 2. The van der Waals surface area contributed by atoms with Gasteiger partial charge in [-0.2, -0.15) is 0 Å². The molecule has 1 N–H and O–H groups in total. The molecule has 0 aliphatic carbocycles. The Kier molecular flexibility index (Phi) is 7.49. The monoisotopic (exact) mass is 242 g/mol. The van der Waals surface area contributed by atoms with Crippen molar-refractivity contribution in [1.82, 2.24) is 0 Å². The van der Waals surface area contributed by atoms with E-state index in [1.165, 1.54) is 6.42 Å². The van der Waals surface area contributed by atoms with Crippen molar-refractivity contribution in [2.45, 2.75) is 70.9 Å². The Morgan fingerprint density at radius 3 is 2.88 bits per heavy atom. The molecular weight excluding hydrogens is 216 g/mol. The quantitative estimate of drug-likeness (QED) is 0.697. The lowest BCUT2D eigenvalue weighted by Gasteiger charge is -2.26. The topological polar surface area (TPSA) is 38.7 Å². The summed E-state index contributed by atoms with van der Waals surface area (Å²) >= 11 is 0. The first-order chi connectivity index (χ1) is 8.22. The Bertz CT molecular complexity index is 210. The van der Waals surface area contributed by atoms with E-state index in [9.17, 15) is 5.11 Å². The fraction of sp³-hybridized carbons (Fsp3) is 0.857. The van der Waals surface area contributed by atoms with Gasteiger partial charge in [-0.15, -0.1) is 0 Å². The molecule has 1 aliphatic heterocycles. The minimum atomic E-state index is -0.307. The van der Waals surface area contributed by atoms with Crippen molar-refractivity contribution in [2.75, 3.05) is 6.61 Å². The zero-order valence-electron chi connectivity index (χ0n) is 11.1. The molecule has 0 radical (unpaired) electrons. The third-order valence-electron chi connectivity index (χ3n) is 3.05. The maximum Gasteiger partial charge on any atom is 0.157 e. The minimum absolute atomic E-state index is 0.000730. The molecule has 0 aromatic heterocycles. The lowest BCUT2D eigenvalue weighted by atomic mass is 10.1. The number of aliphatic hydroxyl groups excluding tert-OH is 1. The normalized spacial score (nSPS) is 25.0. The van der Waals surface area contributed by atoms with Gasteiger partial charge in [-0.1, -0.05) is 12.2 Å². The highest BCUT2D eigenvalue weighted by Crippen LogP contribution is 2.17. The summed E-state index contributed by atoms with van der Waals surface area (Å²) in [5.74, 6) is 0. The van der Waals surface area contributed by atoms with Gasteiger partial charge in [0.05, 0.1) is 12.2 Å². The van der Waals surface area contributed by atoms with Gasteiger partial charge in [0.25, 0.3) is 0 Å². The number of aliphatic hydroxyl groups is 1. The maximum absolute atomic E-state index is 9.53. The first-order valence-corrected chi connectivity index (χ1v) is 6.80. The average molecular weight is 242 g/mol. The van der Waals surface area contributed by atoms with Gasteiger partial charge in [0, 0.05) is 6.61 Å². The number of hydrogen-bond acceptors (Lipinski definition) is 3. The van der Waals surface area contributed by atoms with Crippen LogP contribution in [0.15, 0.2) is 12.2 Å². The van der Waals surface area contributed by atoms with E-state index in [-0.39, 0.29) is 18.5 Å². The zero-order chi connectivity index (χ0) is 12.5. The van der Waals surface area contributed by atoms with E-state index in [1.54, 1.807) is 0 Å². The van der Waals surface area contributed by atoms with E-state index >= 15 is 0 Å². The molecule has 1 rings (SSSR count). The zero-order valence-corrected chi connectivity index (χ0v) is 11.1. The second kappa shape index (κ2) is 8.67. The highest BCUT2D eigenvalue weighted by atomic mass is 16.7. The van der Waals surface area contributed by atoms with Crippen molar-refractivity contribution in [3.05, 3.63) is 12.2 Å². The Hall–Kier alpha value is -0.380. The fourth-order valence-electron chi connectivity index (χ4n) is 2.08. The second-order valence-electron chi connectivity index (χ2n) is 4.77. The molecular formula is C14H26O3. The van der Waals surface area contributed by atoms with E-state index < -0.39 is 0 Å². The molecule has 1 saturated heterocycles. The number of rotatable bonds is 7. The second-order valence-corrected chi connectivity index (χ2v) is 4.77. The van der Waals surface area contributed by atoms with Gasteiger partial charge in [0.15, 0.2) is 6.29 Å². The number of allylic oxidation sites excluding steroid dienone is 1. The average Bonchev–Trinajstić information content (AvgIpc) is 2.30. The molecule has 100 valence electrons. The van der Waals surface area contributed by atoms with Gasteiger partial charge in [0.2, 0.25) is 0 Å². The van der Waals surface area contributed by atoms with Crippen molar-refractivity contribution in [3.8, 4) is 0 Å². The molecule has 1 aliphatic rings. The van der Waals surface area contributed by atoms with Gasteiger partial charge < -0.3 is 14.6 Å². The van der Waals surface area contributed by atoms with Crippen LogP contribution in [-0.2, 0) is 9.47 Å². The van der Waals surface area contributed by atoms with Crippen LogP contribution in [0.2, 0.25) is 0 Å². The lowest BCUT2D eigenvalue weighted by Crippen LogP contribution is -2.26. The van der Waals surface area contributed by atoms with Gasteiger partial charge in [-0.05, 0) is 52.4 Å². The van der Waals surface area contributed by atoms with Crippen LogP contribution in [0, 0.1) is 0 Å². The van der Waals surface area contributed by atoms with Crippen molar-refractivity contribution >= 4 is 0 Å². The minimum Gasteiger partial charge on any atom is -0.389 e. The summed E-state index contributed by atoms with van der Waals surface area (Å²) in [6.45, 7) is 4.84. The molecule has 0 bridgehead atoms. The van der Waals surface area contributed by atoms with Gasteiger partial charge in [-0.25, -0.2) is 0 Å².